The summed E-state index contributed by atoms with van der Waals surface area (Å²) < 4.78 is 29.8. The zero-order valence-electron chi connectivity index (χ0n) is 15.4. The van der Waals surface area contributed by atoms with Crippen LogP contribution >= 0.6 is 0 Å². The Bertz CT molecular complexity index is 884. The van der Waals surface area contributed by atoms with Crippen molar-refractivity contribution in [3.05, 3.63) is 48.0 Å². The zero-order chi connectivity index (χ0) is 18.4. The van der Waals surface area contributed by atoms with Gasteiger partial charge >= 0.3 is 0 Å². The van der Waals surface area contributed by atoms with Gasteiger partial charge in [-0.3, -0.25) is 4.90 Å². The van der Waals surface area contributed by atoms with E-state index in [4.69, 9.17) is 4.98 Å². The number of hydrogen-bond donors (Lipinski definition) is 0. The number of hydrogen-bond acceptors (Lipinski definition) is 4. The lowest BCUT2D eigenvalue weighted by Gasteiger charge is -2.50. The number of sulfonamides is 1. The van der Waals surface area contributed by atoms with Gasteiger partial charge in [0, 0.05) is 38.1 Å². The Morgan fingerprint density at radius 3 is 2.42 bits per heavy atom. The summed E-state index contributed by atoms with van der Waals surface area (Å²) in [6.45, 7) is 8.24. The minimum atomic E-state index is -3.43. The molecule has 0 saturated carbocycles. The van der Waals surface area contributed by atoms with Gasteiger partial charge in [-0.25, -0.2) is 13.4 Å². The van der Waals surface area contributed by atoms with Gasteiger partial charge in [0.05, 0.1) is 10.4 Å². The summed E-state index contributed by atoms with van der Waals surface area (Å²) in [7, 11) is -3.43. The van der Waals surface area contributed by atoms with Crippen LogP contribution in [0.4, 0.5) is 0 Å². The zero-order valence-corrected chi connectivity index (χ0v) is 16.2. The molecule has 0 unspecified atom stereocenters. The van der Waals surface area contributed by atoms with Gasteiger partial charge in [-0.1, -0.05) is 25.1 Å². The summed E-state index contributed by atoms with van der Waals surface area (Å²) in [5.74, 6) is 1.11. The van der Waals surface area contributed by atoms with E-state index in [2.05, 4.69) is 23.3 Å². The summed E-state index contributed by atoms with van der Waals surface area (Å²) in [5, 5.41) is 0. The average Bonchev–Trinajstić information content (AvgIpc) is 3.05. The maximum atomic E-state index is 13.0. The van der Waals surface area contributed by atoms with Crippen molar-refractivity contribution in [1.82, 2.24) is 18.8 Å². The van der Waals surface area contributed by atoms with Crippen LogP contribution in [0.2, 0.25) is 0 Å². The molecule has 0 bridgehead atoms. The SMILES string of the molecule is CCN1CCn2c(C)cnc2C12CCN(S(=O)(=O)c1ccccc1)CC2. The van der Waals surface area contributed by atoms with Crippen LogP contribution in [0.3, 0.4) is 0 Å². The largest absolute Gasteiger partial charge is 0.329 e. The molecule has 7 heteroatoms. The standard InChI is InChI=1S/C19H26N4O2S/c1-3-21-13-14-23-16(2)15-20-18(23)19(21)9-11-22(12-10-19)26(24,25)17-7-5-4-6-8-17/h4-8,15H,3,9-14H2,1-2H3. The number of aryl methyl sites for hydroxylation is 1. The first kappa shape index (κ1) is 17.7. The molecule has 0 amide bonds. The third kappa shape index (κ3) is 2.61. The van der Waals surface area contributed by atoms with Crippen molar-refractivity contribution in [3.63, 3.8) is 0 Å². The lowest BCUT2D eigenvalue weighted by Crippen LogP contribution is -2.58. The first-order chi connectivity index (χ1) is 12.5. The fraction of sp³-hybridized carbons (Fsp3) is 0.526. The lowest BCUT2D eigenvalue weighted by atomic mass is 9.84. The van der Waals surface area contributed by atoms with E-state index in [0.717, 1.165) is 38.3 Å². The summed E-state index contributed by atoms with van der Waals surface area (Å²) in [6, 6.07) is 8.74. The highest BCUT2D eigenvalue weighted by molar-refractivity contribution is 7.89. The highest BCUT2D eigenvalue weighted by Gasteiger charge is 2.47. The van der Waals surface area contributed by atoms with Crippen LogP contribution in [-0.4, -0.2) is 53.4 Å². The number of piperidine rings is 1. The maximum Gasteiger partial charge on any atom is 0.243 e. The fourth-order valence-electron chi connectivity index (χ4n) is 4.53. The van der Waals surface area contributed by atoms with Crippen molar-refractivity contribution < 1.29 is 8.42 Å². The monoisotopic (exact) mass is 374 g/mol. The molecule has 3 heterocycles. The van der Waals surface area contributed by atoms with Crippen LogP contribution in [0.1, 0.15) is 31.3 Å². The average molecular weight is 375 g/mol. The third-order valence-corrected chi connectivity index (χ3v) is 7.90. The smallest absolute Gasteiger partial charge is 0.243 e. The van der Waals surface area contributed by atoms with Crippen molar-refractivity contribution in [3.8, 4) is 0 Å². The fourth-order valence-corrected chi connectivity index (χ4v) is 5.99. The number of fused-ring (bicyclic) bond motifs is 2. The molecule has 1 aromatic carbocycles. The Morgan fingerprint density at radius 2 is 1.77 bits per heavy atom. The van der Waals surface area contributed by atoms with Gasteiger partial charge in [0.15, 0.2) is 0 Å². The van der Waals surface area contributed by atoms with Gasteiger partial charge < -0.3 is 4.57 Å². The summed E-state index contributed by atoms with van der Waals surface area (Å²) in [5.41, 5.74) is 1.04. The number of nitrogens with zero attached hydrogens (tertiary/aromatic N) is 4. The number of rotatable bonds is 3. The topological polar surface area (TPSA) is 58.4 Å². The molecule has 0 N–H and O–H groups in total. The molecule has 2 aliphatic heterocycles. The van der Waals surface area contributed by atoms with Gasteiger partial charge in [0.1, 0.15) is 5.82 Å². The van der Waals surface area contributed by atoms with Crippen LogP contribution in [0.25, 0.3) is 0 Å². The number of imidazole rings is 1. The van der Waals surface area contributed by atoms with Gasteiger partial charge in [-0.05, 0) is 38.4 Å². The van der Waals surface area contributed by atoms with E-state index in [0.29, 0.717) is 18.0 Å². The van der Waals surface area contributed by atoms with Crippen molar-refractivity contribution in [1.29, 1.82) is 0 Å². The van der Waals surface area contributed by atoms with E-state index < -0.39 is 10.0 Å². The molecule has 0 atom stereocenters. The quantitative estimate of drug-likeness (QED) is 0.827. The Morgan fingerprint density at radius 1 is 1.08 bits per heavy atom. The molecule has 2 aromatic rings. The molecular weight excluding hydrogens is 348 g/mol. The molecule has 4 rings (SSSR count). The number of benzene rings is 1. The molecule has 2 aliphatic rings. The van der Waals surface area contributed by atoms with Gasteiger partial charge in [-0.2, -0.15) is 4.31 Å². The summed E-state index contributed by atoms with van der Waals surface area (Å²) in [4.78, 5) is 7.60. The molecule has 140 valence electrons. The lowest BCUT2D eigenvalue weighted by molar-refractivity contribution is 0.00930. The number of aromatic nitrogens is 2. The van der Waals surface area contributed by atoms with Gasteiger partial charge in [-0.15, -0.1) is 0 Å². The van der Waals surface area contributed by atoms with E-state index >= 15 is 0 Å². The molecule has 6 nitrogen and oxygen atoms in total. The second kappa shape index (κ2) is 6.48. The summed E-state index contributed by atoms with van der Waals surface area (Å²) >= 11 is 0. The van der Waals surface area contributed by atoms with Crippen LogP contribution in [0.5, 0.6) is 0 Å². The number of likely N-dealkylation sites (N-methyl/N-ethyl adjacent to an activating group) is 1. The molecule has 1 saturated heterocycles. The molecule has 0 aliphatic carbocycles. The second-order valence-corrected chi connectivity index (χ2v) is 9.14. The van der Waals surface area contributed by atoms with Crippen molar-refractivity contribution in [2.75, 3.05) is 26.2 Å². The Labute approximate surface area is 155 Å². The third-order valence-electron chi connectivity index (χ3n) is 5.98. The predicted molar refractivity (Wildman–Crippen MR) is 100 cm³/mol. The second-order valence-electron chi connectivity index (χ2n) is 7.20. The molecule has 1 fully saturated rings. The molecular formula is C19H26N4O2S. The first-order valence-electron chi connectivity index (χ1n) is 9.32. The highest BCUT2D eigenvalue weighted by Crippen LogP contribution is 2.41. The van der Waals surface area contributed by atoms with Crippen molar-refractivity contribution >= 4 is 10.0 Å². The minimum Gasteiger partial charge on any atom is -0.329 e. The Balaban J connectivity index is 1.63. The van der Waals surface area contributed by atoms with E-state index in [1.807, 2.05) is 12.3 Å². The van der Waals surface area contributed by atoms with E-state index in [-0.39, 0.29) is 5.54 Å². The molecule has 1 spiro atoms. The van der Waals surface area contributed by atoms with Crippen LogP contribution in [0, 0.1) is 6.92 Å². The molecule has 26 heavy (non-hydrogen) atoms. The normalized spacial score (nSPS) is 21.0. The van der Waals surface area contributed by atoms with Crippen LogP contribution < -0.4 is 0 Å². The van der Waals surface area contributed by atoms with E-state index in [1.165, 1.54) is 5.69 Å². The van der Waals surface area contributed by atoms with Crippen LogP contribution in [0.15, 0.2) is 41.4 Å². The van der Waals surface area contributed by atoms with E-state index in [1.54, 1.807) is 28.6 Å². The predicted octanol–water partition coefficient (Wildman–Crippen LogP) is 2.21. The van der Waals surface area contributed by atoms with Gasteiger partial charge in [0.25, 0.3) is 0 Å². The van der Waals surface area contributed by atoms with Gasteiger partial charge in [0.2, 0.25) is 10.0 Å². The van der Waals surface area contributed by atoms with Crippen LogP contribution in [-0.2, 0) is 22.1 Å². The Kier molecular flexibility index (Phi) is 4.41. The highest BCUT2D eigenvalue weighted by atomic mass is 32.2. The summed E-state index contributed by atoms with van der Waals surface area (Å²) in [6.07, 6.45) is 3.51. The minimum absolute atomic E-state index is 0.149. The maximum absolute atomic E-state index is 13.0. The van der Waals surface area contributed by atoms with Crippen molar-refractivity contribution in [2.24, 2.45) is 0 Å². The Hall–Kier alpha value is -1.70. The molecule has 1 aromatic heterocycles. The van der Waals surface area contributed by atoms with Crippen molar-refractivity contribution in [2.45, 2.75) is 43.7 Å². The molecule has 0 radical (unpaired) electrons. The first-order valence-corrected chi connectivity index (χ1v) is 10.8. The van der Waals surface area contributed by atoms with E-state index in [9.17, 15) is 8.42 Å².